The van der Waals surface area contributed by atoms with Gasteiger partial charge in [-0.15, -0.1) is 0 Å². The van der Waals surface area contributed by atoms with Gasteiger partial charge in [0.15, 0.2) is 0 Å². The van der Waals surface area contributed by atoms with Gasteiger partial charge >= 0.3 is 0 Å². The molecule has 1 aliphatic carbocycles. The number of ether oxygens (including phenoxy) is 1. The van der Waals surface area contributed by atoms with Crippen molar-refractivity contribution in [2.45, 2.75) is 12.8 Å². The lowest BCUT2D eigenvalue weighted by molar-refractivity contribution is -0.384. The minimum atomic E-state index is -0.380. The lowest BCUT2D eigenvalue weighted by atomic mass is 10.1. The van der Waals surface area contributed by atoms with Crippen LogP contribution in [0, 0.1) is 10.1 Å². The van der Waals surface area contributed by atoms with E-state index in [4.69, 9.17) is 4.74 Å². The molecular weight excluding hydrogens is 472 g/mol. The van der Waals surface area contributed by atoms with Gasteiger partial charge in [0.05, 0.1) is 30.6 Å². The van der Waals surface area contributed by atoms with Crippen LogP contribution in [0.3, 0.4) is 0 Å². The zero-order valence-electron chi connectivity index (χ0n) is 17.5. The van der Waals surface area contributed by atoms with Crippen LogP contribution in [0.2, 0.25) is 0 Å². The number of rotatable bonds is 6. The maximum absolute atomic E-state index is 10.9. The quantitative estimate of drug-likeness (QED) is 0.313. The van der Waals surface area contributed by atoms with Crippen molar-refractivity contribution >= 4 is 40.1 Å². The van der Waals surface area contributed by atoms with Crippen molar-refractivity contribution in [2.75, 3.05) is 26.3 Å². The maximum atomic E-state index is 10.9. The van der Waals surface area contributed by atoms with E-state index in [0.717, 1.165) is 47.1 Å². The van der Waals surface area contributed by atoms with Crippen LogP contribution in [-0.2, 0) is 4.74 Å². The standard InChI is InChI=1S/C24H23BrN4O3/c25-22-3-1-2-19(15-22)16-26-27-17-21-7-6-20(24(21)28-10-12-32-13-11-28)14-18-4-8-23(9-5-18)29(30)31/h1-5,8-9,14-17H,6-7,10-13H2/b20-14+,26-16-,27-17-. The maximum Gasteiger partial charge on any atom is 0.269 e. The number of benzene rings is 2. The number of hydrogen-bond donors (Lipinski definition) is 0. The molecule has 2 aromatic rings. The summed E-state index contributed by atoms with van der Waals surface area (Å²) in [5.74, 6) is 0. The van der Waals surface area contributed by atoms with Crippen molar-refractivity contribution in [3.8, 4) is 0 Å². The van der Waals surface area contributed by atoms with Gasteiger partial charge in [0, 0.05) is 35.4 Å². The van der Waals surface area contributed by atoms with Crippen LogP contribution in [0.25, 0.3) is 6.08 Å². The number of hydrogen-bond acceptors (Lipinski definition) is 6. The number of morpholine rings is 1. The molecule has 7 nitrogen and oxygen atoms in total. The molecule has 1 saturated heterocycles. The molecule has 0 saturated carbocycles. The number of non-ortho nitro benzene ring substituents is 1. The number of allylic oxidation sites excluding steroid dienone is 2. The topological polar surface area (TPSA) is 80.3 Å². The number of halogens is 1. The molecule has 4 rings (SSSR count). The van der Waals surface area contributed by atoms with E-state index in [2.05, 4.69) is 37.1 Å². The first kappa shape index (κ1) is 22.1. The van der Waals surface area contributed by atoms with Gasteiger partial charge in [-0.25, -0.2) is 0 Å². The molecule has 0 aromatic heterocycles. The fourth-order valence-corrected chi connectivity index (χ4v) is 4.27. The van der Waals surface area contributed by atoms with Crippen molar-refractivity contribution in [3.05, 3.63) is 91.1 Å². The van der Waals surface area contributed by atoms with Crippen LogP contribution in [0.4, 0.5) is 5.69 Å². The van der Waals surface area contributed by atoms with Crippen LogP contribution in [0.15, 0.2) is 80.0 Å². The Hall–Kier alpha value is -3.10. The summed E-state index contributed by atoms with van der Waals surface area (Å²) in [4.78, 5) is 12.9. The van der Waals surface area contributed by atoms with Gasteiger partial charge in [0.2, 0.25) is 0 Å². The van der Waals surface area contributed by atoms with Crippen LogP contribution < -0.4 is 0 Å². The molecule has 0 spiro atoms. The molecule has 1 fully saturated rings. The zero-order valence-corrected chi connectivity index (χ0v) is 19.1. The van der Waals surface area contributed by atoms with Crippen molar-refractivity contribution < 1.29 is 9.66 Å². The smallest absolute Gasteiger partial charge is 0.269 e. The van der Waals surface area contributed by atoms with E-state index in [0.29, 0.717) is 13.2 Å². The Bertz CT molecular complexity index is 1100. The summed E-state index contributed by atoms with van der Waals surface area (Å²) in [6, 6.07) is 14.5. The molecule has 1 heterocycles. The monoisotopic (exact) mass is 494 g/mol. The second kappa shape index (κ2) is 10.5. The van der Waals surface area contributed by atoms with Crippen molar-refractivity contribution in [3.63, 3.8) is 0 Å². The predicted molar refractivity (Wildman–Crippen MR) is 130 cm³/mol. The lowest BCUT2D eigenvalue weighted by Crippen LogP contribution is -2.36. The highest BCUT2D eigenvalue weighted by molar-refractivity contribution is 9.10. The van der Waals surface area contributed by atoms with Crippen molar-refractivity contribution in [2.24, 2.45) is 10.2 Å². The molecule has 0 unspecified atom stereocenters. The summed E-state index contributed by atoms with van der Waals surface area (Å²) in [6.07, 6.45) is 7.46. The molecule has 8 heteroatoms. The third kappa shape index (κ3) is 5.57. The van der Waals surface area contributed by atoms with E-state index >= 15 is 0 Å². The highest BCUT2D eigenvalue weighted by Crippen LogP contribution is 2.35. The molecular formula is C24H23BrN4O3. The molecule has 1 aliphatic heterocycles. The molecule has 0 amide bonds. The minimum Gasteiger partial charge on any atom is -0.378 e. The average molecular weight is 495 g/mol. The van der Waals surface area contributed by atoms with Crippen LogP contribution in [-0.4, -0.2) is 48.6 Å². The second-order valence-electron chi connectivity index (χ2n) is 7.54. The number of nitro benzene ring substituents is 1. The zero-order chi connectivity index (χ0) is 22.3. The van der Waals surface area contributed by atoms with E-state index < -0.39 is 0 Å². The normalized spacial score (nSPS) is 18.4. The van der Waals surface area contributed by atoms with Gasteiger partial charge in [0.25, 0.3) is 5.69 Å². The van der Waals surface area contributed by atoms with E-state index in [1.165, 1.54) is 11.3 Å². The van der Waals surface area contributed by atoms with Crippen molar-refractivity contribution in [1.29, 1.82) is 0 Å². The van der Waals surface area contributed by atoms with Gasteiger partial charge in [-0.1, -0.05) is 28.1 Å². The van der Waals surface area contributed by atoms with E-state index in [1.54, 1.807) is 30.5 Å². The third-order valence-electron chi connectivity index (χ3n) is 5.38. The largest absolute Gasteiger partial charge is 0.378 e. The summed E-state index contributed by atoms with van der Waals surface area (Å²) in [7, 11) is 0. The van der Waals surface area contributed by atoms with Crippen LogP contribution in [0.1, 0.15) is 24.0 Å². The molecule has 2 aliphatic rings. The molecule has 0 radical (unpaired) electrons. The molecule has 164 valence electrons. The molecule has 0 N–H and O–H groups in total. The summed E-state index contributed by atoms with van der Waals surface area (Å²) in [5.41, 5.74) is 5.54. The van der Waals surface area contributed by atoms with Gasteiger partial charge in [-0.05, 0) is 65.5 Å². The van der Waals surface area contributed by atoms with Gasteiger partial charge in [0.1, 0.15) is 0 Å². The Morgan fingerprint density at radius 2 is 1.75 bits per heavy atom. The molecule has 2 aromatic carbocycles. The summed E-state index contributed by atoms with van der Waals surface area (Å²) < 4.78 is 6.53. The third-order valence-corrected chi connectivity index (χ3v) is 5.87. The summed E-state index contributed by atoms with van der Waals surface area (Å²) >= 11 is 3.46. The van der Waals surface area contributed by atoms with Gasteiger partial charge in [-0.3, -0.25) is 10.1 Å². The van der Waals surface area contributed by atoms with Gasteiger partial charge in [-0.2, -0.15) is 10.2 Å². The number of nitro groups is 1. The number of nitrogens with zero attached hydrogens (tertiary/aromatic N) is 4. The fraction of sp³-hybridized carbons (Fsp3) is 0.250. The lowest BCUT2D eigenvalue weighted by Gasteiger charge is -2.31. The first-order chi connectivity index (χ1) is 15.6. The van der Waals surface area contributed by atoms with E-state index in [9.17, 15) is 10.1 Å². The first-order valence-corrected chi connectivity index (χ1v) is 11.2. The van der Waals surface area contributed by atoms with E-state index in [1.807, 2.05) is 30.5 Å². The Morgan fingerprint density at radius 3 is 2.47 bits per heavy atom. The fourth-order valence-electron chi connectivity index (χ4n) is 3.86. The molecule has 32 heavy (non-hydrogen) atoms. The summed E-state index contributed by atoms with van der Waals surface area (Å²) in [5, 5.41) is 19.5. The van der Waals surface area contributed by atoms with Crippen LogP contribution >= 0.6 is 15.9 Å². The Balaban J connectivity index is 1.59. The Morgan fingerprint density at radius 1 is 1.00 bits per heavy atom. The Labute approximate surface area is 195 Å². The predicted octanol–water partition coefficient (Wildman–Crippen LogP) is 5.23. The van der Waals surface area contributed by atoms with Gasteiger partial charge < -0.3 is 9.64 Å². The van der Waals surface area contributed by atoms with E-state index in [-0.39, 0.29) is 10.6 Å². The molecule has 0 bridgehead atoms. The average Bonchev–Trinajstić information content (AvgIpc) is 3.20. The molecule has 0 atom stereocenters. The Kier molecular flexibility index (Phi) is 7.24. The minimum absolute atomic E-state index is 0.0960. The highest BCUT2D eigenvalue weighted by Gasteiger charge is 2.25. The SMILES string of the molecule is O=[N+]([O-])c1ccc(/C=C2\CCC(/C=N\N=C/c3cccc(Br)c3)=C2N2CCOCC2)cc1. The highest BCUT2D eigenvalue weighted by atomic mass is 79.9. The van der Waals surface area contributed by atoms with Crippen LogP contribution in [0.5, 0.6) is 0 Å². The first-order valence-electron chi connectivity index (χ1n) is 10.4. The summed E-state index contributed by atoms with van der Waals surface area (Å²) in [6.45, 7) is 3.04. The van der Waals surface area contributed by atoms with Crippen molar-refractivity contribution in [1.82, 2.24) is 4.90 Å². The second-order valence-corrected chi connectivity index (χ2v) is 8.45.